The van der Waals surface area contributed by atoms with Crippen LogP contribution in [0.3, 0.4) is 0 Å². The van der Waals surface area contributed by atoms with E-state index in [4.69, 9.17) is 16.6 Å². The molecule has 7 heteroatoms. The molecular weight excluding hydrogens is 398 g/mol. The molecule has 0 aliphatic carbocycles. The summed E-state index contributed by atoms with van der Waals surface area (Å²) < 4.78 is 0. The SMILES string of the molecule is Cc1nc([C@@]23CN(Cc4ccc(Cl)cc4)C[C@@H]2CN(C(=O)c2ccccc2)C3)n[nH]1. The number of carbonyl (C=O) groups excluding carboxylic acids is 1. The molecular formula is C23H24ClN5O. The quantitative estimate of drug-likeness (QED) is 0.702. The van der Waals surface area contributed by atoms with Gasteiger partial charge in [-0.2, -0.15) is 5.10 Å². The van der Waals surface area contributed by atoms with Crippen LogP contribution in [0.1, 0.15) is 27.6 Å². The molecule has 3 aromatic rings. The second-order valence-electron chi connectivity index (χ2n) is 8.45. The summed E-state index contributed by atoms with van der Waals surface area (Å²) in [4.78, 5) is 22.2. The van der Waals surface area contributed by atoms with E-state index in [1.807, 2.05) is 54.3 Å². The second kappa shape index (κ2) is 7.52. The monoisotopic (exact) mass is 421 g/mol. The van der Waals surface area contributed by atoms with Gasteiger partial charge in [-0.3, -0.25) is 14.8 Å². The molecule has 30 heavy (non-hydrogen) atoms. The standard InChI is InChI=1S/C23H24ClN5O/c1-16-25-22(27-26-16)23-14-28(11-17-7-9-20(24)10-8-17)12-19(23)13-29(15-23)21(30)18-5-3-2-4-6-18/h2-10,19H,11-15H2,1H3,(H,25,26,27)/t19-,23-/m1/s1. The Morgan fingerprint density at radius 3 is 2.60 bits per heavy atom. The molecule has 0 bridgehead atoms. The van der Waals surface area contributed by atoms with Gasteiger partial charge in [-0.1, -0.05) is 41.9 Å². The highest BCUT2D eigenvalue weighted by Crippen LogP contribution is 2.44. The molecule has 3 heterocycles. The molecule has 2 aromatic carbocycles. The number of carbonyl (C=O) groups is 1. The van der Waals surface area contributed by atoms with E-state index in [0.29, 0.717) is 12.5 Å². The van der Waals surface area contributed by atoms with Crippen LogP contribution in [0.25, 0.3) is 0 Å². The number of hydrogen-bond acceptors (Lipinski definition) is 4. The molecule has 1 aromatic heterocycles. The van der Waals surface area contributed by atoms with Gasteiger partial charge in [-0.15, -0.1) is 0 Å². The first kappa shape index (κ1) is 19.3. The fourth-order valence-corrected chi connectivity index (χ4v) is 5.06. The van der Waals surface area contributed by atoms with Crippen molar-refractivity contribution >= 4 is 17.5 Å². The van der Waals surface area contributed by atoms with Gasteiger partial charge in [-0.25, -0.2) is 4.98 Å². The summed E-state index contributed by atoms with van der Waals surface area (Å²) in [5, 5.41) is 8.28. The number of hydrogen-bond donors (Lipinski definition) is 1. The molecule has 2 atom stereocenters. The van der Waals surface area contributed by atoms with Crippen molar-refractivity contribution in [3.63, 3.8) is 0 Å². The third-order valence-corrected chi connectivity index (χ3v) is 6.60. The molecule has 1 N–H and O–H groups in total. The summed E-state index contributed by atoms with van der Waals surface area (Å²) in [7, 11) is 0. The van der Waals surface area contributed by atoms with Crippen LogP contribution in [-0.4, -0.2) is 57.1 Å². The number of nitrogens with one attached hydrogen (secondary N) is 1. The molecule has 6 nitrogen and oxygen atoms in total. The molecule has 0 spiro atoms. The third kappa shape index (κ3) is 3.40. The zero-order valence-electron chi connectivity index (χ0n) is 16.9. The molecule has 5 rings (SSSR count). The Labute approximate surface area is 180 Å². The molecule has 2 saturated heterocycles. The van der Waals surface area contributed by atoms with Gasteiger partial charge in [0.15, 0.2) is 5.82 Å². The minimum atomic E-state index is -0.248. The first-order valence-corrected chi connectivity index (χ1v) is 10.6. The average Bonchev–Trinajstić information content (AvgIpc) is 3.42. The van der Waals surface area contributed by atoms with Crippen molar-refractivity contribution in [1.29, 1.82) is 0 Å². The van der Waals surface area contributed by atoms with Crippen molar-refractivity contribution in [3.8, 4) is 0 Å². The summed E-state index contributed by atoms with van der Waals surface area (Å²) in [6.07, 6.45) is 0. The first-order chi connectivity index (χ1) is 14.5. The molecule has 2 aliphatic heterocycles. The Morgan fingerprint density at radius 2 is 1.90 bits per heavy atom. The number of aromatic amines is 1. The topological polar surface area (TPSA) is 65.1 Å². The summed E-state index contributed by atoms with van der Waals surface area (Å²) in [5.74, 6) is 2.02. The van der Waals surface area contributed by atoms with E-state index in [-0.39, 0.29) is 11.3 Å². The third-order valence-electron chi connectivity index (χ3n) is 6.35. The molecule has 0 unspecified atom stereocenters. The number of H-pyrrole nitrogens is 1. The minimum Gasteiger partial charge on any atom is -0.337 e. The zero-order chi connectivity index (χ0) is 20.7. The molecule has 2 fully saturated rings. The molecule has 154 valence electrons. The number of fused-ring (bicyclic) bond motifs is 1. The van der Waals surface area contributed by atoms with Gasteiger partial charge >= 0.3 is 0 Å². The summed E-state index contributed by atoms with van der Waals surface area (Å²) in [5.41, 5.74) is 1.72. The van der Waals surface area contributed by atoms with Crippen molar-refractivity contribution in [1.82, 2.24) is 25.0 Å². The van der Waals surface area contributed by atoms with E-state index in [9.17, 15) is 4.79 Å². The highest BCUT2D eigenvalue weighted by atomic mass is 35.5. The van der Waals surface area contributed by atoms with Crippen molar-refractivity contribution < 1.29 is 4.79 Å². The number of likely N-dealkylation sites (tertiary alicyclic amines) is 2. The van der Waals surface area contributed by atoms with Gasteiger partial charge in [-0.05, 0) is 36.8 Å². The Balaban J connectivity index is 1.40. The molecule has 0 radical (unpaired) electrons. The van der Waals surface area contributed by atoms with Crippen LogP contribution in [0.2, 0.25) is 5.02 Å². The van der Waals surface area contributed by atoms with Crippen LogP contribution in [0.15, 0.2) is 54.6 Å². The number of rotatable bonds is 4. The van der Waals surface area contributed by atoms with E-state index < -0.39 is 0 Å². The number of amides is 1. The van der Waals surface area contributed by atoms with E-state index in [1.54, 1.807) is 0 Å². The van der Waals surface area contributed by atoms with Gasteiger partial charge in [0, 0.05) is 49.2 Å². The number of aryl methyl sites for hydroxylation is 1. The Kier molecular flexibility index (Phi) is 4.83. The number of benzene rings is 2. The van der Waals surface area contributed by atoms with E-state index in [0.717, 1.165) is 48.4 Å². The van der Waals surface area contributed by atoms with Crippen molar-refractivity contribution in [2.24, 2.45) is 5.92 Å². The van der Waals surface area contributed by atoms with Gasteiger partial charge < -0.3 is 4.90 Å². The van der Waals surface area contributed by atoms with Crippen LogP contribution < -0.4 is 0 Å². The molecule has 0 saturated carbocycles. The smallest absolute Gasteiger partial charge is 0.253 e. The second-order valence-corrected chi connectivity index (χ2v) is 8.88. The Morgan fingerprint density at radius 1 is 1.13 bits per heavy atom. The Bertz CT molecular complexity index is 1050. The van der Waals surface area contributed by atoms with Gasteiger partial charge in [0.1, 0.15) is 5.82 Å². The van der Waals surface area contributed by atoms with Crippen LogP contribution in [0.5, 0.6) is 0 Å². The molecule has 2 aliphatic rings. The highest BCUT2D eigenvalue weighted by Gasteiger charge is 2.56. The highest BCUT2D eigenvalue weighted by molar-refractivity contribution is 6.30. The number of aromatic nitrogens is 3. The number of halogens is 1. The zero-order valence-corrected chi connectivity index (χ0v) is 17.6. The fourth-order valence-electron chi connectivity index (χ4n) is 4.94. The van der Waals surface area contributed by atoms with Crippen LogP contribution >= 0.6 is 11.6 Å². The maximum Gasteiger partial charge on any atom is 0.253 e. The summed E-state index contributed by atoms with van der Waals surface area (Å²) in [6.45, 7) is 5.87. The van der Waals surface area contributed by atoms with E-state index in [1.165, 1.54) is 5.56 Å². The summed E-state index contributed by atoms with van der Waals surface area (Å²) in [6, 6.07) is 17.5. The first-order valence-electron chi connectivity index (χ1n) is 10.2. The van der Waals surface area contributed by atoms with Gasteiger partial charge in [0.05, 0.1) is 5.41 Å². The predicted molar refractivity (Wildman–Crippen MR) is 115 cm³/mol. The number of nitrogens with zero attached hydrogens (tertiary/aromatic N) is 4. The molecule has 1 amide bonds. The van der Waals surface area contributed by atoms with Crippen molar-refractivity contribution in [3.05, 3.63) is 82.4 Å². The lowest BCUT2D eigenvalue weighted by molar-refractivity contribution is 0.0769. The van der Waals surface area contributed by atoms with Gasteiger partial charge in [0.2, 0.25) is 0 Å². The fraction of sp³-hybridized carbons (Fsp3) is 0.348. The predicted octanol–water partition coefficient (Wildman–Crippen LogP) is 3.29. The lowest BCUT2D eigenvalue weighted by atomic mass is 9.80. The maximum absolute atomic E-state index is 13.1. The van der Waals surface area contributed by atoms with E-state index >= 15 is 0 Å². The largest absolute Gasteiger partial charge is 0.337 e. The van der Waals surface area contributed by atoms with Crippen molar-refractivity contribution in [2.75, 3.05) is 26.2 Å². The average molecular weight is 422 g/mol. The summed E-state index contributed by atoms with van der Waals surface area (Å²) >= 11 is 6.04. The lowest BCUT2D eigenvalue weighted by Gasteiger charge is -2.27. The Hall–Kier alpha value is -2.70. The normalized spacial score (nSPS) is 23.7. The van der Waals surface area contributed by atoms with Crippen molar-refractivity contribution in [2.45, 2.75) is 18.9 Å². The van der Waals surface area contributed by atoms with Gasteiger partial charge in [0.25, 0.3) is 5.91 Å². The van der Waals surface area contributed by atoms with Crippen LogP contribution in [0.4, 0.5) is 0 Å². The van der Waals surface area contributed by atoms with E-state index in [2.05, 4.69) is 27.2 Å². The van der Waals surface area contributed by atoms with Crippen LogP contribution in [-0.2, 0) is 12.0 Å². The van der Waals surface area contributed by atoms with Crippen LogP contribution in [0, 0.1) is 12.8 Å². The minimum absolute atomic E-state index is 0.0842. The maximum atomic E-state index is 13.1. The lowest BCUT2D eigenvalue weighted by Crippen LogP contribution is -2.40.